The van der Waals surface area contributed by atoms with Crippen LogP contribution in [0.2, 0.25) is 0 Å². The maximum absolute atomic E-state index is 12.1. The van der Waals surface area contributed by atoms with Crippen molar-refractivity contribution in [1.82, 2.24) is 10.0 Å². The van der Waals surface area contributed by atoms with E-state index in [9.17, 15) is 9.35 Å². The number of nitrogens with one attached hydrogen (secondary N) is 2. The number of amides is 1. The van der Waals surface area contributed by atoms with Gasteiger partial charge in [0, 0.05) is 0 Å². The standard InChI is InChI=1S/C12H26N3O5PS3/c1-6-11(21(22,18-7-2)19-8-3)15-24(17)9-13-12(16)20-14-10(4)23-5/h11,15H,6-9H2,1-5H3,(H,13,16). The Labute approximate surface area is 156 Å². The largest absolute Gasteiger partial charge is 0.597 e. The minimum atomic E-state index is -2.60. The highest BCUT2D eigenvalue weighted by molar-refractivity contribution is 8.13. The minimum absolute atomic E-state index is 0.142. The molecule has 12 heteroatoms. The molecule has 1 amide bonds. The van der Waals surface area contributed by atoms with Crippen molar-refractivity contribution in [2.75, 3.05) is 25.3 Å². The Morgan fingerprint density at radius 3 is 2.42 bits per heavy atom. The molecule has 0 aliphatic rings. The van der Waals surface area contributed by atoms with Gasteiger partial charge in [-0.15, -0.1) is 16.5 Å². The van der Waals surface area contributed by atoms with E-state index in [0.29, 0.717) is 24.7 Å². The normalized spacial score (nSPS) is 15.0. The zero-order valence-corrected chi connectivity index (χ0v) is 17.9. The fourth-order valence-corrected chi connectivity index (χ4v) is 6.29. The molecule has 8 nitrogen and oxygen atoms in total. The second-order valence-electron chi connectivity index (χ2n) is 4.28. The summed E-state index contributed by atoms with van der Waals surface area (Å²) in [6.45, 7) is 5.50. The van der Waals surface area contributed by atoms with Gasteiger partial charge in [0.15, 0.2) is 0 Å². The topological polar surface area (TPSA) is 104 Å². The summed E-state index contributed by atoms with van der Waals surface area (Å²) in [4.78, 5) is 16.1. The number of oxime groups is 1. The minimum Gasteiger partial charge on any atom is -0.597 e. The molecule has 142 valence electrons. The van der Waals surface area contributed by atoms with Crippen molar-refractivity contribution >= 4 is 52.6 Å². The van der Waals surface area contributed by atoms with Gasteiger partial charge >= 0.3 is 6.09 Å². The lowest BCUT2D eigenvalue weighted by atomic mass is 10.5. The van der Waals surface area contributed by atoms with E-state index in [1.54, 1.807) is 6.92 Å². The highest BCUT2D eigenvalue weighted by Gasteiger charge is 2.32. The van der Waals surface area contributed by atoms with Crippen LogP contribution in [0.25, 0.3) is 0 Å². The summed E-state index contributed by atoms with van der Waals surface area (Å²) in [6.07, 6.45) is 1.62. The molecule has 0 heterocycles. The highest BCUT2D eigenvalue weighted by atomic mass is 32.5. The molecular formula is C12H26N3O5PS3. The van der Waals surface area contributed by atoms with Gasteiger partial charge in [0.1, 0.15) is 10.8 Å². The number of rotatable bonds is 11. The lowest BCUT2D eigenvalue weighted by Crippen LogP contribution is -2.41. The highest BCUT2D eigenvalue weighted by Crippen LogP contribution is 2.53. The van der Waals surface area contributed by atoms with Crippen LogP contribution in [0.4, 0.5) is 4.79 Å². The molecule has 2 atom stereocenters. The first-order chi connectivity index (χ1) is 11.3. The Morgan fingerprint density at radius 2 is 1.96 bits per heavy atom. The third-order valence-corrected chi connectivity index (χ3v) is 8.24. The Kier molecular flexibility index (Phi) is 13.4. The summed E-state index contributed by atoms with van der Waals surface area (Å²) >= 11 is 5.29. The van der Waals surface area contributed by atoms with Crippen LogP contribution in [0.3, 0.4) is 0 Å². The summed E-state index contributed by atoms with van der Waals surface area (Å²) in [5, 5.41) is 6.55. The van der Waals surface area contributed by atoms with Gasteiger partial charge in [-0.2, -0.15) is 0 Å². The van der Waals surface area contributed by atoms with Gasteiger partial charge in [-0.1, -0.05) is 12.1 Å². The number of carbonyl (C=O) groups is 1. The van der Waals surface area contributed by atoms with Crippen molar-refractivity contribution < 1.29 is 23.2 Å². The molecule has 2 N–H and O–H groups in total. The van der Waals surface area contributed by atoms with Gasteiger partial charge in [0.05, 0.1) is 24.6 Å². The third-order valence-electron chi connectivity index (χ3n) is 2.55. The smallest absolute Gasteiger partial charge is 0.437 e. The fraction of sp³-hybridized carbons (Fsp3) is 0.833. The molecule has 0 aliphatic carbocycles. The van der Waals surface area contributed by atoms with E-state index >= 15 is 0 Å². The number of thioether (sulfide) groups is 1. The lowest BCUT2D eigenvalue weighted by Gasteiger charge is -2.29. The lowest BCUT2D eigenvalue weighted by molar-refractivity contribution is 0.152. The first kappa shape index (κ1) is 24.1. The predicted octanol–water partition coefficient (Wildman–Crippen LogP) is 2.74. The van der Waals surface area contributed by atoms with Gasteiger partial charge in [0.25, 0.3) is 0 Å². The monoisotopic (exact) mass is 419 g/mol. The molecule has 2 unspecified atom stereocenters. The Balaban J connectivity index is 4.52. The molecule has 0 saturated heterocycles. The van der Waals surface area contributed by atoms with E-state index < -0.39 is 23.9 Å². The number of hydrogen-bond donors (Lipinski definition) is 2. The number of carbonyl (C=O) groups excluding carboxylic acids is 1. The molecule has 0 saturated carbocycles. The van der Waals surface area contributed by atoms with Crippen LogP contribution in [-0.2, 0) is 37.1 Å². The van der Waals surface area contributed by atoms with Crippen LogP contribution in [0, 0.1) is 0 Å². The summed E-state index contributed by atoms with van der Waals surface area (Å²) in [5.41, 5.74) is 0. The van der Waals surface area contributed by atoms with Gasteiger partial charge in [0.2, 0.25) is 12.4 Å². The molecule has 0 aromatic heterocycles. The fourth-order valence-electron chi connectivity index (χ4n) is 1.44. The molecule has 0 aromatic rings. The average molecular weight is 420 g/mol. The van der Waals surface area contributed by atoms with Crippen LogP contribution in [0.5, 0.6) is 0 Å². The summed E-state index contributed by atoms with van der Waals surface area (Å²) in [5.74, 6) is -0.515. The van der Waals surface area contributed by atoms with E-state index in [1.807, 2.05) is 27.0 Å². The average Bonchev–Trinajstić information content (AvgIpc) is 2.55. The zero-order valence-electron chi connectivity index (χ0n) is 14.6. The Morgan fingerprint density at radius 1 is 1.38 bits per heavy atom. The van der Waals surface area contributed by atoms with Crippen LogP contribution in [0.15, 0.2) is 5.16 Å². The summed E-state index contributed by atoms with van der Waals surface area (Å²) < 4.78 is 26.2. The third kappa shape index (κ3) is 9.57. The molecule has 0 aromatic carbocycles. The van der Waals surface area contributed by atoms with E-state index in [2.05, 4.69) is 20.0 Å². The molecule has 0 aliphatic heterocycles. The predicted molar refractivity (Wildman–Crippen MR) is 104 cm³/mol. The van der Waals surface area contributed by atoms with Crippen molar-refractivity contribution in [3.8, 4) is 0 Å². The first-order valence-corrected chi connectivity index (χ1v) is 12.6. The van der Waals surface area contributed by atoms with E-state index in [1.165, 1.54) is 11.8 Å². The van der Waals surface area contributed by atoms with Gasteiger partial charge in [-0.3, -0.25) is 10.2 Å². The molecular weight excluding hydrogens is 393 g/mol. The van der Waals surface area contributed by atoms with Crippen molar-refractivity contribution in [3.05, 3.63) is 0 Å². The Bertz CT molecular complexity index is 446. The maximum Gasteiger partial charge on any atom is 0.437 e. The van der Waals surface area contributed by atoms with Crippen LogP contribution < -0.4 is 10.0 Å². The van der Waals surface area contributed by atoms with Crippen LogP contribution in [0.1, 0.15) is 34.1 Å². The van der Waals surface area contributed by atoms with Crippen molar-refractivity contribution in [2.24, 2.45) is 5.16 Å². The number of hydrogen-bond acceptors (Lipinski definition) is 9. The van der Waals surface area contributed by atoms with Gasteiger partial charge in [-0.25, -0.2) is 4.79 Å². The zero-order chi connectivity index (χ0) is 18.6. The quantitative estimate of drug-likeness (QED) is 0.132. The van der Waals surface area contributed by atoms with Crippen molar-refractivity contribution in [2.45, 2.75) is 39.9 Å². The van der Waals surface area contributed by atoms with Crippen molar-refractivity contribution in [3.63, 3.8) is 0 Å². The maximum atomic E-state index is 12.1. The van der Waals surface area contributed by atoms with Gasteiger partial charge < -0.3 is 13.6 Å². The SMILES string of the molecule is CCOP(=S)(OCC)C(CC)N[S+]([O-])CNC(=O)ON=C(C)SC. The second kappa shape index (κ2) is 13.3. The van der Waals surface area contributed by atoms with E-state index in [4.69, 9.17) is 20.9 Å². The second-order valence-corrected chi connectivity index (χ2v) is 10.2. The Hall–Kier alpha value is 0.130. The molecule has 0 radical (unpaired) electrons. The summed E-state index contributed by atoms with van der Waals surface area (Å²) in [7, 11) is 0. The van der Waals surface area contributed by atoms with E-state index in [0.717, 1.165) is 0 Å². The molecule has 0 rings (SSSR count). The molecule has 0 bridgehead atoms. The van der Waals surface area contributed by atoms with E-state index in [-0.39, 0.29) is 11.7 Å². The first-order valence-electron chi connectivity index (χ1n) is 7.39. The molecule has 0 spiro atoms. The van der Waals surface area contributed by atoms with Gasteiger partial charge in [-0.05, 0) is 45.3 Å². The molecule has 24 heavy (non-hydrogen) atoms. The van der Waals surface area contributed by atoms with Crippen LogP contribution >= 0.6 is 18.3 Å². The van der Waals surface area contributed by atoms with Crippen LogP contribution in [-0.4, -0.2) is 46.8 Å². The molecule has 0 fully saturated rings. The summed E-state index contributed by atoms with van der Waals surface area (Å²) in [6, 6.07) is 0. The number of nitrogens with zero attached hydrogens (tertiary/aromatic N) is 1. The van der Waals surface area contributed by atoms with Crippen molar-refractivity contribution in [1.29, 1.82) is 0 Å².